The molecule has 0 bridgehead atoms. The average Bonchev–Trinajstić information content (AvgIpc) is 2.19. The molecular weight excluding hydrogens is 224 g/mol. The molecule has 1 aliphatic carbocycles. The van der Waals surface area contributed by atoms with Crippen LogP contribution in [0.4, 0.5) is 0 Å². The van der Waals surface area contributed by atoms with E-state index in [-0.39, 0.29) is 12.3 Å². The zero-order valence-electron chi connectivity index (χ0n) is 11.5. The Labute approximate surface area is 109 Å². The Morgan fingerprint density at radius 3 is 2.33 bits per heavy atom. The van der Waals surface area contributed by atoms with Gasteiger partial charge in [0.2, 0.25) is 0 Å². The van der Waals surface area contributed by atoms with Crippen molar-refractivity contribution in [3.05, 3.63) is 34.4 Å². The first-order valence-electron chi connectivity index (χ1n) is 6.78. The Morgan fingerprint density at radius 2 is 1.83 bits per heavy atom. The van der Waals surface area contributed by atoms with Gasteiger partial charge in [-0.2, -0.15) is 0 Å². The number of rotatable bonds is 4. The highest BCUT2D eigenvalue weighted by Gasteiger charge is 2.31. The molecule has 0 heterocycles. The molecule has 1 aliphatic rings. The number of carboxylic acid groups (broad SMARTS) is 1. The predicted octanol–water partition coefficient (Wildman–Crippen LogP) is 3.97. The zero-order valence-corrected chi connectivity index (χ0v) is 11.5. The van der Waals surface area contributed by atoms with E-state index in [1.54, 1.807) is 0 Å². The second kappa shape index (κ2) is 5.13. The SMILES string of the molecule is Cc1cc(C)c(C(CC(=O)O)C2CCC2)cc1C. The highest BCUT2D eigenvalue weighted by atomic mass is 16.4. The van der Waals surface area contributed by atoms with Gasteiger partial charge in [-0.1, -0.05) is 18.6 Å². The molecular formula is C16H22O2. The van der Waals surface area contributed by atoms with Gasteiger partial charge in [-0.3, -0.25) is 4.79 Å². The summed E-state index contributed by atoms with van der Waals surface area (Å²) in [5.74, 6) is 0.0991. The molecule has 0 spiro atoms. The van der Waals surface area contributed by atoms with Gasteiger partial charge in [0.15, 0.2) is 0 Å². The minimum atomic E-state index is -0.676. The van der Waals surface area contributed by atoms with Gasteiger partial charge in [0.25, 0.3) is 0 Å². The minimum Gasteiger partial charge on any atom is -0.481 e. The van der Waals surface area contributed by atoms with Crippen molar-refractivity contribution >= 4 is 5.97 Å². The molecule has 0 aliphatic heterocycles. The fourth-order valence-corrected chi connectivity index (χ4v) is 2.94. The Bertz CT molecular complexity index is 458. The molecule has 1 atom stereocenters. The van der Waals surface area contributed by atoms with Crippen molar-refractivity contribution < 1.29 is 9.90 Å². The summed E-state index contributed by atoms with van der Waals surface area (Å²) in [6, 6.07) is 4.40. The molecule has 2 rings (SSSR count). The predicted molar refractivity (Wildman–Crippen MR) is 73.0 cm³/mol. The lowest BCUT2D eigenvalue weighted by Gasteiger charge is -2.34. The molecule has 2 heteroatoms. The maximum atomic E-state index is 11.1. The van der Waals surface area contributed by atoms with E-state index in [4.69, 9.17) is 5.11 Å². The van der Waals surface area contributed by atoms with Crippen LogP contribution in [0.25, 0.3) is 0 Å². The normalized spacial score (nSPS) is 17.3. The van der Waals surface area contributed by atoms with E-state index < -0.39 is 5.97 Å². The van der Waals surface area contributed by atoms with Crippen molar-refractivity contribution in [1.29, 1.82) is 0 Å². The number of carboxylic acids is 1. The lowest BCUT2D eigenvalue weighted by atomic mass is 9.70. The smallest absolute Gasteiger partial charge is 0.303 e. The average molecular weight is 246 g/mol. The van der Waals surface area contributed by atoms with E-state index in [0.717, 1.165) is 0 Å². The summed E-state index contributed by atoms with van der Waals surface area (Å²) >= 11 is 0. The first-order chi connectivity index (χ1) is 8.49. The summed E-state index contributed by atoms with van der Waals surface area (Å²) in [5, 5.41) is 9.13. The Morgan fingerprint density at radius 1 is 1.22 bits per heavy atom. The van der Waals surface area contributed by atoms with Crippen molar-refractivity contribution in [2.75, 3.05) is 0 Å². The van der Waals surface area contributed by atoms with Gasteiger partial charge in [-0.15, -0.1) is 0 Å². The summed E-state index contributed by atoms with van der Waals surface area (Å²) in [5.41, 5.74) is 5.06. The van der Waals surface area contributed by atoms with Crippen LogP contribution in [0.3, 0.4) is 0 Å². The third kappa shape index (κ3) is 2.58. The van der Waals surface area contributed by atoms with Gasteiger partial charge >= 0.3 is 5.97 Å². The van der Waals surface area contributed by atoms with Gasteiger partial charge in [-0.25, -0.2) is 0 Å². The molecule has 0 radical (unpaired) electrons. The number of carbonyl (C=O) groups is 1. The summed E-state index contributed by atoms with van der Waals surface area (Å²) in [6.45, 7) is 6.33. The number of hydrogen-bond acceptors (Lipinski definition) is 1. The van der Waals surface area contributed by atoms with Crippen LogP contribution in [0.5, 0.6) is 0 Å². The first kappa shape index (κ1) is 13.1. The monoisotopic (exact) mass is 246 g/mol. The highest BCUT2D eigenvalue weighted by molar-refractivity contribution is 5.68. The van der Waals surface area contributed by atoms with E-state index in [1.165, 1.54) is 41.5 Å². The van der Waals surface area contributed by atoms with Crippen molar-refractivity contribution in [3.63, 3.8) is 0 Å². The second-order valence-corrected chi connectivity index (χ2v) is 5.69. The maximum absolute atomic E-state index is 11.1. The van der Waals surface area contributed by atoms with Crippen LogP contribution in [-0.2, 0) is 4.79 Å². The van der Waals surface area contributed by atoms with Gasteiger partial charge in [0, 0.05) is 0 Å². The molecule has 0 saturated heterocycles. The number of aryl methyl sites for hydroxylation is 3. The standard InChI is InChI=1S/C16H22O2/c1-10-7-12(3)14(8-11(10)2)15(9-16(17)18)13-5-4-6-13/h7-8,13,15H,4-6,9H2,1-3H3,(H,17,18). The van der Waals surface area contributed by atoms with Gasteiger partial charge in [-0.05, 0) is 67.7 Å². The number of benzene rings is 1. The van der Waals surface area contributed by atoms with Crippen molar-refractivity contribution in [3.8, 4) is 0 Å². The van der Waals surface area contributed by atoms with E-state index in [2.05, 4.69) is 32.9 Å². The molecule has 1 fully saturated rings. The molecule has 0 amide bonds. The van der Waals surface area contributed by atoms with Crippen LogP contribution in [0, 0.1) is 26.7 Å². The van der Waals surface area contributed by atoms with E-state index in [1.807, 2.05) is 0 Å². The molecule has 0 aromatic heterocycles. The summed E-state index contributed by atoms with van der Waals surface area (Å²) in [7, 11) is 0. The lowest BCUT2D eigenvalue weighted by Crippen LogP contribution is -2.23. The van der Waals surface area contributed by atoms with Gasteiger partial charge in [0.1, 0.15) is 0 Å². The van der Waals surface area contributed by atoms with Gasteiger partial charge in [0.05, 0.1) is 6.42 Å². The van der Waals surface area contributed by atoms with Crippen LogP contribution < -0.4 is 0 Å². The highest BCUT2D eigenvalue weighted by Crippen LogP contribution is 2.42. The third-order valence-electron chi connectivity index (χ3n) is 4.40. The van der Waals surface area contributed by atoms with Crippen LogP contribution in [0.1, 0.15) is 53.9 Å². The van der Waals surface area contributed by atoms with Crippen molar-refractivity contribution in [1.82, 2.24) is 0 Å². The van der Waals surface area contributed by atoms with Crippen LogP contribution in [0.15, 0.2) is 12.1 Å². The second-order valence-electron chi connectivity index (χ2n) is 5.69. The van der Waals surface area contributed by atoms with Crippen molar-refractivity contribution in [2.24, 2.45) is 5.92 Å². The maximum Gasteiger partial charge on any atom is 0.303 e. The Hall–Kier alpha value is -1.31. The van der Waals surface area contributed by atoms with E-state index in [9.17, 15) is 4.79 Å². The molecule has 1 aromatic carbocycles. The summed E-state index contributed by atoms with van der Waals surface area (Å²) < 4.78 is 0. The fraction of sp³-hybridized carbons (Fsp3) is 0.562. The summed E-state index contributed by atoms with van der Waals surface area (Å²) in [6.07, 6.45) is 3.90. The number of aliphatic carboxylic acids is 1. The molecule has 1 N–H and O–H groups in total. The minimum absolute atomic E-state index is 0.204. The zero-order chi connectivity index (χ0) is 13.3. The largest absolute Gasteiger partial charge is 0.481 e. The fourth-order valence-electron chi connectivity index (χ4n) is 2.94. The quantitative estimate of drug-likeness (QED) is 0.872. The summed E-state index contributed by atoms with van der Waals surface area (Å²) in [4.78, 5) is 11.1. The number of hydrogen-bond donors (Lipinski definition) is 1. The Kier molecular flexibility index (Phi) is 3.74. The van der Waals surface area contributed by atoms with E-state index >= 15 is 0 Å². The lowest BCUT2D eigenvalue weighted by molar-refractivity contribution is -0.138. The molecule has 98 valence electrons. The Balaban J connectivity index is 2.34. The molecule has 2 nitrogen and oxygen atoms in total. The molecule has 1 unspecified atom stereocenters. The van der Waals surface area contributed by atoms with Gasteiger partial charge < -0.3 is 5.11 Å². The van der Waals surface area contributed by atoms with Crippen LogP contribution in [-0.4, -0.2) is 11.1 Å². The van der Waals surface area contributed by atoms with Crippen LogP contribution >= 0.6 is 0 Å². The third-order valence-corrected chi connectivity index (χ3v) is 4.40. The first-order valence-corrected chi connectivity index (χ1v) is 6.78. The molecule has 1 saturated carbocycles. The van der Waals surface area contributed by atoms with Crippen molar-refractivity contribution in [2.45, 2.75) is 52.4 Å². The van der Waals surface area contributed by atoms with E-state index in [0.29, 0.717) is 5.92 Å². The molecule has 18 heavy (non-hydrogen) atoms. The van der Waals surface area contributed by atoms with Crippen LogP contribution in [0.2, 0.25) is 0 Å². The molecule has 1 aromatic rings. The topological polar surface area (TPSA) is 37.3 Å².